The maximum absolute atomic E-state index is 14.2. The second-order valence-electron chi connectivity index (χ2n) is 17.2. The predicted octanol–water partition coefficient (Wildman–Crippen LogP) is 7.54. The molecule has 8 rings (SSSR count). The van der Waals surface area contributed by atoms with Crippen LogP contribution in [0.4, 0.5) is 28.4 Å². The number of anilines is 5. The molecule has 2 N–H and O–H groups in total. The summed E-state index contributed by atoms with van der Waals surface area (Å²) in [4.78, 5) is 46.3. The minimum atomic E-state index is -0.287. The summed E-state index contributed by atoms with van der Waals surface area (Å²) in [6.07, 6.45) is 2.34. The van der Waals surface area contributed by atoms with Crippen LogP contribution in [0.15, 0.2) is 91.0 Å². The second kappa shape index (κ2) is 23.5. The average Bonchev–Trinajstić information content (AvgIpc) is 3.97. The van der Waals surface area contributed by atoms with E-state index < -0.39 is 0 Å². The summed E-state index contributed by atoms with van der Waals surface area (Å²) in [5, 5.41) is 6.72. The summed E-state index contributed by atoms with van der Waals surface area (Å²) < 4.78 is 46.5. The molecule has 5 aromatic carbocycles. The van der Waals surface area contributed by atoms with Crippen LogP contribution in [-0.4, -0.2) is 119 Å². The zero-order valence-corrected chi connectivity index (χ0v) is 40.7. The molecule has 0 saturated carbocycles. The summed E-state index contributed by atoms with van der Waals surface area (Å²) in [7, 11) is 7.92. The fraction of sp³-hybridized carbons (Fsp3) is 0.389. The number of para-hydroxylation sites is 2. The number of carbonyl (C=O) groups is 3. The highest BCUT2D eigenvalue weighted by molar-refractivity contribution is 6.12. The number of hydrogen-bond acceptors (Lipinski definition) is 14. The van der Waals surface area contributed by atoms with Crippen molar-refractivity contribution >= 4 is 46.2 Å². The van der Waals surface area contributed by atoms with Crippen LogP contribution in [0, 0.1) is 0 Å². The molecule has 0 bridgehead atoms. The summed E-state index contributed by atoms with van der Waals surface area (Å²) in [6, 6.07) is 29.2. The lowest BCUT2D eigenvalue weighted by Gasteiger charge is -2.26. The number of ether oxygens (including phenoxy) is 8. The van der Waals surface area contributed by atoms with Crippen LogP contribution in [0.5, 0.6) is 23.0 Å². The molecule has 0 spiro atoms. The Bertz CT molecular complexity index is 2640. The number of carbonyl (C=O) groups excluding carboxylic acids is 3. The van der Waals surface area contributed by atoms with Gasteiger partial charge < -0.3 is 63.2 Å². The number of methoxy groups -OCH3 is 4. The van der Waals surface area contributed by atoms with Gasteiger partial charge in [-0.25, -0.2) is 0 Å². The predicted molar refractivity (Wildman–Crippen MR) is 269 cm³/mol. The van der Waals surface area contributed by atoms with Crippen molar-refractivity contribution in [1.29, 1.82) is 0 Å². The van der Waals surface area contributed by atoms with Gasteiger partial charge in [-0.15, -0.1) is 0 Å². The van der Waals surface area contributed by atoms with Crippen LogP contribution in [0.2, 0.25) is 0 Å². The Hall–Kier alpha value is -7.01. The number of hydrogen-bond donors (Lipinski definition) is 2. The lowest BCUT2D eigenvalue weighted by molar-refractivity contribution is -0.140. The molecule has 2 amide bonds. The molecule has 16 nitrogen and oxygen atoms in total. The van der Waals surface area contributed by atoms with Gasteiger partial charge in [0.25, 0.3) is 11.8 Å². The molecule has 0 aliphatic carbocycles. The van der Waals surface area contributed by atoms with Crippen molar-refractivity contribution in [2.24, 2.45) is 0 Å². The first-order chi connectivity index (χ1) is 34.2. The van der Waals surface area contributed by atoms with Gasteiger partial charge >= 0.3 is 5.97 Å². The van der Waals surface area contributed by atoms with Crippen molar-refractivity contribution < 1.29 is 52.3 Å². The van der Waals surface area contributed by atoms with E-state index >= 15 is 0 Å². The molecule has 70 heavy (non-hydrogen) atoms. The van der Waals surface area contributed by atoms with Gasteiger partial charge in [-0.05, 0) is 84.0 Å². The van der Waals surface area contributed by atoms with Gasteiger partial charge in [-0.1, -0.05) is 36.4 Å². The summed E-state index contributed by atoms with van der Waals surface area (Å²) >= 11 is 0. The van der Waals surface area contributed by atoms with E-state index in [-0.39, 0.29) is 43.5 Å². The molecule has 370 valence electrons. The molecule has 16 heteroatoms. The highest BCUT2D eigenvalue weighted by atomic mass is 16.5. The van der Waals surface area contributed by atoms with Crippen LogP contribution in [0.1, 0.15) is 55.8 Å². The van der Waals surface area contributed by atoms with Gasteiger partial charge in [0.1, 0.15) is 13.2 Å². The molecule has 3 aliphatic rings. The molecule has 1 atom stereocenters. The molecule has 0 fully saturated rings. The quantitative estimate of drug-likeness (QED) is 0.0462. The SMILES string of the molecule is CNc1cc(OCc2cc(COc3cc4c(cc3OC)C(=O)N3c5ccccc5C[C@H]3CN4)cc(N(CCCC(=O)OC)CCOCCOCCOC)c2)c(OC)cc1C(=O)N1CCc2ccccc21. The summed E-state index contributed by atoms with van der Waals surface area (Å²) in [5.41, 5.74) is 8.89. The van der Waals surface area contributed by atoms with Crippen LogP contribution >= 0.6 is 0 Å². The Morgan fingerprint density at radius 1 is 0.743 bits per heavy atom. The number of amides is 2. The number of rotatable bonds is 24. The normalized spacial score (nSPS) is 14.4. The minimum absolute atomic E-state index is 0.0236. The zero-order valence-electron chi connectivity index (χ0n) is 40.7. The fourth-order valence-corrected chi connectivity index (χ4v) is 9.26. The van der Waals surface area contributed by atoms with Crippen molar-refractivity contribution in [3.05, 3.63) is 124 Å². The highest BCUT2D eigenvalue weighted by Crippen LogP contribution is 2.41. The molecular formula is C54H63N5O11. The van der Waals surface area contributed by atoms with Gasteiger partial charge in [0.2, 0.25) is 0 Å². The minimum Gasteiger partial charge on any atom is -0.493 e. The van der Waals surface area contributed by atoms with Crippen molar-refractivity contribution in [1.82, 2.24) is 0 Å². The largest absolute Gasteiger partial charge is 0.493 e. The molecule has 3 heterocycles. The molecular weight excluding hydrogens is 895 g/mol. The van der Waals surface area contributed by atoms with Crippen LogP contribution in [0.25, 0.3) is 0 Å². The van der Waals surface area contributed by atoms with E-state index in [1.165, 1.54) is 7.11 Å². The first-order valence-electron chi connectivity index (χ1n) is 23.7. The monoisotopic (exact) mass is 957 g/mol. The number of nitrogens with one attached hydrogen (secondary N) is 2. The molecule has 0 unspecified atom stereocenters. The van der Waals surface area contributed by atoms with E-state index in [1.807, 2.05) is 59.5 Å². The smallest absolute Gasteiger partial charge is 0.305 e. The van der Waals surface area contributed by atoms with Gasteiger partial charge in [0.15, 0.2) is 23.0 Å². The Morgan fingerprint density at radius 2 is 1.41 bits per heavy atom. The standard InChI is InChI=1S/C54H63N5O11/c1-55-44-31-50(48(64-3)29-42(44)53(61)58-18-16-38-11-6-8-13-46(38)58)69-34-36-25-37(27-40(26-36)57(17-10-15-52(60)66-5)19-20-67-23-24-68-22-21-63-2)35-70-51-32-45-43(30-49(51)65-4)54(62)59-41(33-56-45)28-39-12-7-9-14-47(39)59/h6-9,11-14,25-27,29-32,41,55-56H,10,15-24,28,33-35H2,1-5H3/t41-/m0/s1. The van der Waals surface area contributed by atoms with Crippen molar-refractivity contribution in [3.8, 4) is 23.0 Å². The molecule has 0 radical (unpaired) electrons. The maximum Gasteiger partial charge on any atom is 0.305 e. The molecule has 5 aromatic rings. The van der Waals surface area contributed by atoms with E-state index in [0.29, 0.717) is 111 Å². The Morgan fingerprint density at radius 3 is 2.13 bits per heavy atom. The summed E-state index contributed by atoms with van der Waals surface area (Å²) in [5.74, 6) is 1.24. The van der Waals surface area contributed by atoms with Gasteiger partial charge in [-0.2, -0.15) is 0 Å². The zero-order chi connectivity index (χ0) is 49.0. The van der Waals surface area contributed by atoms with Crippen molar-refractivity contribution in [2.45, 2.75) is 44.9 Å². The number of esters is 1. The highest BCUT2D eigenvalue weighted by Gasteiger charge is 2.38. The Kier molecular flexibility index (Phi) is 16.6. The molecule has 3 aliphatic heterocycles. The maximum atomic E-state index is 14.2. The third kappa shape index (κ3) is 11.4. The van der Waals surface area contributed by atoms with Crippen molar-refractivity contribution in [3.63, 3.8) is 0 Å². The van der Waals surface area contributed by atoms with Gasteiger partial charge in [0, 0.05) is 76.0 Å². The van der Waals surface area contributed by atoms with Crippen LogP contribution < -0.4 is 44.3 Å². The topological polar surface area (TPSA) is 159 Å². The van der Waals surface area contributed by atoms with E-state index in [2.05, 4.69) is 33.7 Å². The average molecular weight is 958 g/mol. The Labute approximate surface area is 409 Å². The summed E-state index contributed by atoms with van der Waals surface area (Å²) in [6.45, 7) is 4.72. The van der Waals surface area contributed by atoms with E-state index in [1.54, 1.807) is 51.5 Å². The molecule has 0 aromatic heterocycles. The lowest BCUT2D eigenvalue weighted by atomic mass is 10.1. The van der Waals surface area contributed by atoms with E-state index in [0.717, 1.165) is 52.2 Å². The van der Waals surface area contributed by atoms with E-state index in [4.69, 9.17) is 37.9 Å². The third-order valence-corrected chi connectivity index (χ3v) is 12.8. The fourth-order valence-electron chi connectivity index (χ4n) is 9.26. The third-order valence-electron chi connectivity index (χ3n) is 12.8. The number of nitrogens with zero attached hydrogens (tertiary/aromatic N) is 3. The lowest BCUT2D eigenvalue weighted by Crippen LogP contribution is -2.39. The number of benzene rings is 5. The van der Waals surface area contributed by atoms with Crippen LogP contribution in [-0.2, 0) is 49.8 Å². The molecule has 0 saturated heterocycles. The van der Waals surface area contributed by atoms with Crippen LogP contribution in [0.3, 0.4) is 0 Å². The Balaban J connectivity index is 1.06. The van der Waals surface area contributed by atoms with E-state index in [9.17, 15) is 14.4 Å². The second-order valence-corrected chi connectivity index (χ2v) is 17.2. The van der Waals surface area contributed by atoms with Crippen molar-refractivity contribution in [2.75, 3.05) is 120 Å². The van der Waals surface area contributed by atoms with Gasteiger partial charge in [-0.3, -0.25) is 14.4 Å². The first kappa shape index (κ1) is 49.4. The number of fused-ring (bicyclic) bond motifs is 5. The first-order valence-corrected chi connectivity index (χ1v) is 23.7. The van der Waals surface area contributed by atoms with Gasteiger partial charge in [0.05, 0.1) is 82.9 Å².